The zero-order valence-electron chi connectivity index (χ0n) is 12.9. The highest BCUT2D eigenvalue weighted by atomic mass is 16.5. The SMILES string of the molecule is COc1ccc(C(N)C2(OC)CCCCCC2)c(C)c1. The number of hydrogen-bond acceptors (Lipinski definition) is 3. The summed E-state index contributed by atoms with van der Waals surface area (Å²) in [5.41, 5.74) is 8.75. The summed E-state index contributed by atoms with van der Waals surface area (Å²) in [6.45, 7) is 2.10. The lowest BCUT2D eigenvalue weighted by atomic mass is 9.81. The van der Waals surface area contributed by atoms with Crippen molar-refractivity contribution < 1.29 is 9.47 Å². The average molecular weight is 277 g/mol. The van der Waals surface area contributed by atoms with Crippen LogP contribution < -0.4 is 10.5 Å². The molecular weight excluding hydrogens is 250 g/mol. The van der Waals surface area contributed by atoms with Crippen LogP contribution in [0.3, 0.4) is 0 Å². The van der Waals surface area contributed by atoms with Gasteiger partial charge in [-0.1, -0.05) is 31.7 Å². The summed E-state index contributed by atoms with van der Waals surface area (Å²) in [6.07, 6.45) is 7.10. The number of ether oxygens (including phenoxy) is 2. The zero-order chi connectivity index (χ0) is 14.6. The standard InChI is InChI=1S/C17H27NO2/c1-13-12-14(19-2)8-9-15(13)16(18)17(20-3)10-6-4-5-7-11-17/h8-9,12,16H,4-7,10-11,18H2,1-3H3. The van der Waals surface area contributed by atoms with Crippen molar-refractivity contribution in [1.29, 1.82) is 0 Å². The van der Waals surface area contributed by atoms with Gasteiger partial charge in [0.05, 0.1) is 18.8 Å². The molecule has 1 aromatic carbocycles. The van der Waals surface area contributed by atoms with E-state index in [1.165, 1.54) is 36.8 Å². The molecule has 3 nitrogen and oxygen atoms in total. The highest BCUT2D eigenvalue weighted by molar-refractivity contribution is 5.37. The molecule has 1 fully saturated rings. The molecule has 0 heterocycles. The normalized spacial score (nSPS) is 20.2. The molecule has 0 spiro atoms. The predicted octanol–water partition coefficient (Wildman–Crippen LogP) is 3.74. The third-order valence-electron chi connectivity index (χ3n) is 4.74. The van der Waals surface area contributed by atoms with Crippen LogP contribution in [0.15, 0.2) is 18.2 Å². The minimum absolute atomic E-state index is 0.0727. The minimum atomic E-state index is -0.212. The maximum atomic E-state index is 6.61. The number of methoxy groups -OCH3 is 2. The molecule has 1 aliphatic rings. The summed E-state index contributed by atoms with van der Waals surface area (Å²) in [5.74, 6) is 0.880. The molecule has 20 heavy (non-hydrogen) atoms. The molecule has 0 bridgehead atoms. The summed E-state index contributed by atoms with van der Waals surface area (Å²) >= 11 is 0. The molecule has 0 radical (unpaired) electrons. The Balaban J connectivity index is 2.29. The largest absolute Gasteiger partial charge is 0.497 e. The van der Waals surface area contributed by atoms with E-state index in [9.17, 15) is 0 Å². The van der Waals surface area contributed by atoms with E-state index in [4.69, 9.17) is 15.2 Å². The van der Waals surface area contributed by atoms with Crippen LogP contribution >= 0.6 is 0 Å². The van der Waals surface area contributed by atoms with Gasteiger partial charge >= 0.3 is 0 Å². The van der Waals surface area contributed by atoms with Crippen molar-refractivity contribution in [1.82, 2.24) is 0 Å². The molecule has 0 saturated heterocycles. The molecule has 0 amide bonds. The van der Waals surface area contributed by atoms with E-state index >= 15 is 0 Å². The van der Waals surface area contributed by atoms with Gasteiger partial charge in [0, 0.05) is 7.11 Å². The molecule has 3 heteroatoms. The Labute approximate surface area is 122 Å². The summed E-state index contributed by atoms with van der Waals surface area (Å²) in [5, 5.41) is 0. The molecule has 0 aliphatic heterocycles. The first-order valence-corrected chi connectivity index (χ1v) is 7.58. The monoisotopic (exact) mass is 277 g/mol. The van der Waals surface area contributed by atoms with Crippen LogP contribution in [-0.2, 0) is 4.74 Å². The van der Waals surface area contributed by atoms with Crippen LogP contribution in [-0.4, -0.2) is 19.8 Å². The summed E-state index contributed by atoms with van der Waals surface area (Å²) in [6, 6.07) is 6.05. The van der Waals surface area contributed by atoms with Gasteiger partial charge in [0.25, 0.3) is 0 Å². The van der Waals surface area contributed by atoms with Gasteiger partial charge in [-0.3, -0.25) is 0 Å². The number of nitrogens with two attached hydrogens (primary N) is 1. The first-order chi connectivity index (χ1) is 9.63. The number of aryl methyl sites for hydroxylation is 1. The molecule has 2 N–H and O–H groups in total. The fourth-order valence-electron chi connectivity index (χ4n) is 3.38. The van der Waals surface area contributed by atoms with Crippen LogP contribution in [0.4, 0.5) is 0 Å². The number of benzene rings is 1. The molecular formula is C17H27NO2. The summed E-state index contributed by atoms with van der Waals surface area (Å²) in [4.78, 5) is 0. The predicted molar refractivity (Wildman–Crippen MR) is 82.1 cm³/mol. The molecule has 1 unspecified atom stereocenters. The lowest BCUT2D eigenvalue weighted by Gasteiger charge is -2.38. The van der Waals surface area contributed by atoms with Crippen LogP contribution in [0.1, 0.15) is 55.7 Å². The molecule has 1 saturated carbocycles. The Bertz CT molecular complexity index is 437. The van der Waals surface area contributed by atoms with Gasteiger partial charge in [0.1, 0.15) is 5.75 Å². The van der Waals surface area contributed by atoms with Gasteiger partial charge in [-0.05, 0) is 43.0 Å². The van der Waals surface area contributed by atoms with E-state index in [1.807, 2.05) is 13.2 Å². The van der Waals surface area contributed by atoms with Gasteiger partial charge in [-0.15, -0.1) is 0 Å². The fourth-order valence-corrected chi connectivity index (χ4v) is 3.38. The van der Waals surface area contributed by atoms with E-state index in [0.717, 1.165) is 18.6 Å². The molecule has 1 atom stereocenters. The summed E-state index contributed by atoms with van der Waals surface area (Å²) < 4.78 is 11.2. The van der Waals surface area contributed by atoms with E-state index in [1.54, 1.807) is 7.11 Å². The lowest BCUT2D eigenvalue weighted by Crippen LogP contribution is -2.43. The van der Waals surface area contributed by atoms with Gasteiger partial charge in [-0.25, -0.2) is 0 Å². The Morgan fingerprint density at radius 1 is 1.10 bits per heavy atom. The minimum Gasteiger partial charge on any atom is -0.497 e. The number of rotatable bonds is 4. The van der Waals surface area contributed by atoms with Crippen molar-refractivity contribution in [3.05, 3.63) is 29.3 Å². The third kappa shape index (κ3) is 2.99. The highest BCUT2D eigenvalue weighted by Crippen LogP contribution is 2.40. The summed E-state index contributed by atoms with van der Waals surface area (Å²) in [7, 11) is 3.50. The van der Waals surface area contributed by atoms with Crippen molar-refractivity contribution in [2.24, 2.45) is 5.73 Å². The van der Waals surface area contributed by atoms with Crippen LogP contribution in [0.5, 0.6) is 5.75 Å². The Morgan fingerprint density at radius 2 is 1.75 bits per heavy atom. The third-order valence-corrected chi connectivity index (χ3v) is 4.74. The van der Waals surface area contributed by atoms with Crippen molar-refractivity contribution in [2.45, 2.75) is 57.1 Å². The Kier molecular flexibility index (Phi) is 5.06. The van der Waals surface area contributed by atoms with Gasteiger partial charge in [0.15, 0.2) is 0 Å². The van der Waals surface area contributed by atoms with Gasteiger partial charge in [0.2, 0.25) is 0 Å². The second-order valence-electron chi connectivity index (χ2n) is 5.88. The molecule has 0 aromatic heterocycles. The zero-order valence-corrected chi connectivity index (χ0v) is 12.9. The Hall–Kier alpha value is -1.06. The van der Waals surface area contributed by atoms with E-state index < -0.39 is 0 Å². The van der Waals surface area contributed by atoms with Gasteiger partial charge < -0.3 is 15.2 Å². The second kappa shape index (κ2) is 6.59. The first-order valence-electron chi connectivity index (χ1n) is 7.58. The van der Waals surface area contributed by atoms with Crippen LogP contribution in [0, 0.1) is 6.92 Å². The molecule has 2 rings (SSSR count). The average Bonchev–Trinajstić information content (AvgIpc) is 2.72. The van der Waals surface area contributed by atoms with Gasteiger partial charge in [-0.2, -0.15) is 0 Å². The lowest BCUT2D eigenvalue weighted by molar-refractivity contribution is -0.0443. The molecule has 1 aliphatic carbocycles. The maximum Gasteiger partial charge on any atom is 0.119 e. The topological polar surface area (TPSA) is 44.5 Å². The van der Waals surface area contributed by atoms with Crippen molar-refractivity contribution in [3.63, 3.8) is 0 Å². The van der Waals surface area contributed by atoms with E-state index in [-0.39, 0.29) is 11.6 Å². The van der Waals surface area contributed by atoms with Crippen molar-refractivity contribution in [3.8, 4) is 5.75 Å². The highest BCUT2D eigenvalue weighted by Gasteiger charge is 2.38. The van der Waals surface area contributed by atoms with Crippen LogP contribution in [0.25, 0.3) is 0 Å². The smallest absolute Gasteiger partial charge is 0.119 e. The molecule has 1 aromatic rings. The van der Waals surface area contributed by atoms with Crippen molar-refractivity contribution in [2.75, 3.05) is 14.2 Å². The van der Waals surface area contributed by atoms with E-state index in [0.29, 0.717) is 0 Å². The molecule has 112 valence electrons. The van der Waals surface area contributed by atoms with Crippen molar-refractivity contribution >= 4 is 0 Å². The van der Waals surface area contributed by atoms with E-state index in [2.05, 4.69) is 19.1 Å². The quantitative estimate of drug-likeness (QED) is 0.853. The Morgan fingerprint density at radius 3 is 2.25 bits per heavy atom. The number of hydrogen-bond donors (Lipinski definition) is 1. The first kappa shape index (κ1) is 15.3. The van der Waals surface area contributed by atoms with Crippen LogP contribution in [0.2, 0.25) is 0 Å². The fraction of sp³-hybridized carbons (Fsp3) is 0.647. The second-order valence-corrected chi connectivity index (χ2v) is 5.88. The maximum absolute atomic E-state index is 6.61.